The molecular weight excluding hydrogens is 362 g/mol. The molecule has 0 saturated heterocycles. The first kappa shape index (κ1) is 17.6. The maximum Gasteiger partial charge on any atom is 0.162 e. The fourth-order valence-corrected chi connectivity index (χ4v) is 4.05. The lowest BCUT2D eigenvalue weighted by molar-refractivity contribution is 0.181. The van der Waals surface area contributed by atoms with Crippen molar-refractivity contribution in [1.29, 1.82) is 0 Å². The Labute approximate surface area is 160 Å². The third-order valence-corrected chi connectivity index (χ3v) is 5.31. The number of thiazole rings is 1. The highest BCUT2D eigenvalue weighted by Gasteiger charge is 2.15. The predicted octanol–water partition coefficient (Wildman–Crippen LogP) is 4.38. The summed E-state index contributed by atoms with van der Waals surface area (Å²) in [4.78, 5) is 14.1. The molecule has 0 bridgehead atoms. The maximum atomic E-state index is 5.40. The first-order valence-electron chi connectivity index (χ1n) is 8.41. The van der Waals surface area contributed by atoms with Crippen LogP contribution in [0, 0.1) is 6.92 Å². The lowest BCUT2D eigenvalue weighted by Crippen LogP contribution is -1.96. The van der Waals surface area contributed by atoms with Crippen LogP contribution >= 0.6 is 11.3 Å². The lowest BCUT2D eigenvalue weighted by atomic mass is 10.1. The topological polar surface area (TPSA) is 66.4 Å². The Morgan fingerprint density at radius 2 is 1.70 bits per heavy atom. The minimum atomic E-state index is 0.437. The number of benzene rings is 2. The van der Waals surface area contributed by atoms with Crippen molar-refractivity contribution in [1.82, 2.24) is 15.0 Å². The van der Waals surface area contributed by atoms with E-state index in [1.165, 1.54) is 0 Å². The molecule has 2 heterocycles. The van der Waals surface area contributed by atoms with Crippen LogP contribution in [0.2, 0.25) is 0 Å². The number of hydrogen-bond donors (Lipinski definition) is 0. The Morgan fingerprint density at radius 1 is 0.926 bits per heavy atom. The Hall–Kier alpha value is -2.77. The van der Waals surface area contributed by atoms with E-state index in [9.17, 15) is 0 Å². The summed E-state index contributed by atoms with van der Waals surface area (Å²) in [7, 11) is 4.91. The molecule has 0 fully saturated rings. The first-order chi connectivity index (χ1) is 13.1. The number of rotatable bonds is 5. The van der Waals surface area contributed by atoms with Gasteiger partial charge in [0, 0.05) is 24.8 Å². The number of hydrogen-bond acceptors (Lipinski definition) is 7. The molecule has 2 aromatic carbocycles. The minimum Gasteiger partial charge on any atom is -0.493 e. The molecule has 6 nitrogen and oxygen atoms in total. The van der Waals surface area contributed by atoms with Crippen molar-refractivity contribution in [3.05, 3.63) is 41.7 Å². The molecule has 0 aliphatic rings. The molecule has 0 atom stereocenters. The smallest absolute Gasteiger partial charge is 0.162 e. The van der Waals surface area contributed by atoms with Gasteiger partial charge in [-0.15, -0.1) is 11.3 Å². The molecule has 7 heteroatoms. The van der Waals surface area contributed by atoms with Gasteiger partial charge >= 0.3 is 0 Å². The van der Waals surface area contributed by atoms with E-state index in [2.05, 4.69) is 16.0 Å². The Bertz CT molecular complexity index is 1100. The van der Waals surface area contributed by atoms with Crippen molar-refractivity contribution in [2.75, 3.05) is 21.3 Å². The molecule has 27 heavy (non-hydrogen) atoms. The Balaban J connectivity index is 1.90. The van der Waals surface area contributed by atoms with Crippen LogP contribution in [0.15, 0.2) is 30.5 Å². The van der Waals surface area contributed by atoms with E-state index in [-0.39, 0.29) is 0 Å². The molecule has 0 N–H and O–H groups in total. The zero-order valence-electron chi connectivity index (χ0n) is 15.6. The average molecular weight is 381 g/mol. The zero-order chi connectivity index (χ0) is 19.0. The number of ether oxygens (including phenoxy) is 3. The van der Waals surface area contributed by atoms with E-state index in [4.69, 9.17) is 19.2 Å². The molecule has 0 saturated carbocycles. The van der Waals surface area contributed by atoms with Crippen LogP contribution in [0.5, 0.6) is 11.5 Å². The van der Waals surface area contributed by atoms with Crippen LogP contribution in [-0.4, -0.2) is 36.3 Å². The van der Waals surface area contributed by atoms with Crippen LogP contribution in [0.25, 0.3) is 31.8 Å². The van der Waals surface area contributed by atoms with E-state index >= 15 is 0 Å². The summed E-state index contributed by atoms with van der Waals surface area (Å²) in [5, 5.41) is 0.891. The second-order valence-corrected chi connectivity index (χ2v) is 7.20. The monoisotopic (exact) mass is 381 g/mol. The summed E-state index contributed by atoms with van der Waals surface area (Å²) in [5.41, 5.74) is 5.43. The van der Waals surface area contributed by atoms with Crippen LogP contribution in [0.1, 0.15) is 11.3 Å². The summed E-state index contributed by atoms with van der Waals surface area (Å²) in [6, 6.07) is 7.98. The van der Waals surface area contributed by atoms with Gasteiger partial charge in [-0.05, 0) is 24.6 Å². The van der Waals surface area contributed by atoms with Gasteiger partial charge in [0.15, 0.2) is 11.5 Å². The lowest BCUT2D eigenvalue weighted by Gasteiger charge is -2.06. The summed E-state index contributed by atoms with van der Waals surface area (Å²) in [6.45, 7) is 2.49. The van der Waals surface area contributed by atoms with Crippen LogP contribution in [0.3, 0.4) is 0 Å². The van der Waals surface area contributed by atoms with Gasteiger partial charge in [0.2, 0.25) is 0 Å². The summed E-state index contributed by atoms with van der Waals surface area (Å²) >= 11 is 1.60. The zero-order valence-corrected chi connectivity index (χ0v) is 16.4. The second kappa shape index (κ2) is 7.09. The van der Waals surface area contributed by atoms with E-state index in [1.54, 1.807) is 38.9 Å². The number of methoxy groups -OCH3 is 3. The molecule has 4 rings (SSSR count). The molecule has 2 aromatic heterocycles. The Kier molecular flexibility index (Phi) is 4.63. The summed E-state index contributed by atoms with van der Waals surface area (Å²) in [5.74, 6) is 1.36. The van der Waals surface area contributed by atoms with E-state index < -0.39 is 0 Å². The second-order valence-electron chi connectivity index (χ2n) is 6.17. The molecule has 0 unspecified atom stereocenters. The first-order valence-corrected chi connectivity index (χ1v) is 9.22. The fraction of sp³-hybridized carbons (Fsp3) is 0.250. The van der Waals surface area contributed by atoms with E-state index in [0.717, 1.165) is 43.1 Å². The highest BCUT2D eigenvalue weighted by molar-refractivity contribution is 7.21. The predicted molar refractivity (Wildman–Crippen MR) is 107 cm³/mol. The third-order valence-electron chi connectivity index (χ3n) is 4.26. The standard InChI is InChI=1S/C20H19N3O3S/c1-11-5-13(19-15(6-11)22-12(9-21-19)10-24-2)20-23-14-7-16(25-3)17(26-4)8-18(14)27-20/h5-9H,10H2,1-4H3. The van der Waals surface area contributed by atoms with Gasteiger partial charge in [0.05, 0.1) is 54.0 Å². The molecule has 0 spiro atoms. The third kappa shape index (κ3) is 3.20. The van der Waals surface area contributed by atoms with Gasteiger partial charge in [0.25, 0.3) is 0 Å². The number of fused-ring (bicyclic) bond motifs is 2. The maximum absolute atomic E-state index is 5.40. The summed E-state index contributed by atoms with van der Waals surface area (Å²) < 4.78 is 17.0. The van der Waals surface area contributed by atoms with Crippen LogP contribution < -0.4 is 9.47 Å². The van der Waals surface area contributed by atoms with Gasteiger partial charge in [-0.3, -0.25) is 4.98 Å². The van der Waals surface area contributed by atoms with E-state index in [1.807, 2.05) is 25.1 Å². The molecule has 0 amide bonds. The highest BCUT2D eigenvalue weighted by atomic mass is 32.1. The number of aryl methyl sites for hydroxylation is 1. The average Bonchev–Trinajstić information content (AvgIpc) is 3.08. The molecule has 0 radical (unpaired) electrons. The SMILES string of the molecule is COCc1cnc2c(-c3nc4cc(OC)c(OC)cc4s3)cc(C)cc2n1. The number of nitrogens with zero attached hydrogens (tertiary/aromatic N) is 3. The molecular formula is C20H19N3O3S. The Morgan fingerprint density at radius 3 is 2.44 bits per heavy atom. The molecule has 138 valence electrons. The molecule has 0 aliphatic heterocycles. The quantitative estimate of drug-likeness (QED) is 0.511. The highest BCUT2D eigenvalue weighted by Crippen LogP contribution is 2.39. The van der Waals surface area contributed by atoms with Gasteiger partial charge in [-0.1, -0.05) is 0 Å². The fourth-order valence-electron chi connectivity index (χ4n) is 3.05. The van der Waals surface area contributed by atoms with Crippen molar-refractivity contribution in [2.45, 2.75) is 13.5 Å². The van der Waals surface area contributed by atoms with Crippen molar-refractivity contribution in [3.63, 3.8) is 0 Å². The van der Waals surface area contributed by atoms with Gasteiger partial charge < -0.3 is 14.2 Å². The van der Waals surface area contributed by atoms with Crippen molar-refractivity contribution < 1.29 is 14.2 Å². The largest absolute Gasteiger partial charge is 0.493 e. The molecule has 4 aromatic rings. The van der Waals surface area contributed by atoms with Crippen molar-refractivity contribution in [3.8, 4) is 22.1 Å². The van der Waals surface area contributed by atoms with Gasteiger partial charge in [-0.25, -0.2) is 9.97 Å². The van der Waals surface area contributed by atoms with Gasteiger partial charge in [-0.2, -0.15) is 0 Å². The van der Waals surface area contributed by atoms with Crippen molar-refractivity contribution >= 4 is 32.6 Å². The van der Waals surface area contributed by atoms with Crippen LogP contribution in [-0.2, 0) is 11.3 Å². The van der Waals surface area contributed by atoms with Crippen molar-refractivity contribution in [2.24, 2.45) is 0 Å². The molecule has 0 aliphatic carbocycles. The summed E-state index contributed by atoms with van der Waals surface area (Å²) in [6.07, 6.45) is 1.75. The normalized spacial score (nSPS) is 11.3. The van der Waals surface area contributed by atoms with Gasteiger partial charge in [0.1, 0.15) is 5.01 Å². The minimum absolute atomic E-state index is 0.437. The number of aromatic nitrogens is 3. The van der Waals surface area contributed by atoms with Crippen LogP contribution in [0.4, 0.5) is 0 Å². The van der Waals surface area contributed by atoms with E-state index in [0.29, 0.717) is 18.1 Å².